The summed E-state index contributed by atoms with van der Waals surface area (Å²) in [6.45, 7) is 2.06. The van der Waals surface area contributed by atoms with E-state index in [0.717, 1.165) is 22.8 Å². The smallest absolute Gasteiger partial charge is 0.307 e. The quantitative estimate of drug-likeness (QED) is 0.818. The summed E-state index contributed by atoms with van der Waals surface area (Å²) in [6, 6.07) is 7.63. The van der Waals surface area contributed by atoms with Gasteiger partial charge in [0, 0.05) is 4.90 Å². The Morgan fingerprint density at radius 2 is 2.00 bits per heavy atom. The van der Waals surface area contributed by atoms with Crippen molar-refractivity contribution in [1.82, 2.24) is 0 Å². The number of hydrogen-bond donors (Lipinski definition) is 2. The van der Waals surface area contributed by atoms with E-state index in [1.54, 1.807) is 11.8 Å². The van der Waals surface area contributed by atoms with Crippen molar-refractivity contribution in [3.63, 3.8) is 0 Å². The molecule has 2 atom stereocenters. The summed E-state index contributed by atoms with van der Waals surface area (Å²) in [4.78, 5) is 24.5. The highest BCUT2D eigenvalue weighted by molar-refractivity contribution is 7.99. The molecule has 0 aliphatic heterocycles. The normalized spacial score (nSPS) is 21.6. The van der Waals surface area contributed by atoms with E-state index in [4.69, 9.17) is 5.11 Å². The summed E-state index contributed by atoms with van der Waals surface area (Å²) < 4.78 is 0. The summed E-state index contributed by atoms with van der Waals surface area (Å²) in [6.07, 6.45) is 2.06. The second-order valence-corrected chi connectivity index (χ2v) is 6.21. The Bertz CT molecular complexity index is 504. The van der Waals surface area contributed by atoms with Crippen LogP contribution in [0.5, 0.6) is 0 Å². The van der Waals surface area contributed by atoms with Crippen molar-refractivity contribution in [3.05, 3.63) is 24.3 Å². The van der Waals surface area contributed by atoms with Crippen LogP contribution in [0.25, 0.3) is 0 Å². The summed E-state index contributed by atoms with van der Waals surface area (Å²) in [5.74, 6) is -1.06. The molecule has 4 nitrogen and oxygen atoms in total. The van der Waals surface area contributed by atoms with Crippen molar-refractivity contribution in [2.45, 2.75) is 31.1 Å². The maximum Gasteiger partial charge on any atom is 0.307 e. The summed E-state index contributed by atoms with van der Waals surface area (Å²) in [5.41, 5.74) is 0.778. The lowest BCUT2D eigenvalue weighted by Crippen LogP contribution is -2.30. The molecule has 1 amide bonds. The monoisotopic (exact) mass is 293 g/mol. The lowest BCUT2D eigenvalue weighted by atomic mass is 9.95. The average Bonchev–Trinajstić information content (AvgIpc) is 2.91. The highest BCUT2D eigenvalue weighted by Gasteiger charge is 2.37. The fraction of sp³-hybridized carbons (Fsp3) is 0.467. The van der Waals surface area contributed by atoms with E-state index in [-0.39, 0.29) is 5.91 Å². The molecule has 108 valence electrons. The number of aliphatic carboxylic acids is 1. The minimum atomic E-state index is -0.862. The molecule has 5 heteroatoms. The molecule has 1 aromatic carbocycles. The van der Waals surface area contributed by atoms with Gasteiger partial charge in [0.15, 0.2) is 0 Å². The molecule has 1 fully saturated rings. The fourth-order valence-electron chi connectivity index (χ4n) is 2.65. The first kappa shape index (κ1) is 14.9. The first-order valence-electron chi connectivity index (χ1n) is 6.89. The summed E-state index contributed by atoms with van der Waals surface area (Å²) in [7, 11) is 0. The van der Waals surface area contributed by atoms with E-state index in [2.05, 4.69) is 12.2 Å². The van der Waals surface area contributed by atoms with Crippen LogP contribution in [0.2, 0.25) is 0 Å². The van der Waals surface area contributed by atoms with Crippen LogP contribution in [0.1, 0.15) is 26.2 Å². The molecule has 0 unspecified atom stereocenters. The number of para-hydroxylation sites is 1. The Balaban J connectivity index is 2.10. The van der Waals surface area contributed by atoms with Crippen molar-refractivity contribution in [3.8, 4) is 0 Å². The van der Waals surface area contributed by atoms with Gasteiger partial charge in [0.05, 0.1) is 17.5 Å². The largest absolute Gasteiger partial charge is 0.481 e. The molecule has 1 aliphatic carbocycles. The summed E-state index contributed by atoms with van der Waals surface area (Å²) in [5, 5.41) is 12.1. The first-order valence-corrected chi connectivity index (χ1v) is 7.87. The lowest BCUT2D eigenvalue weighted by molar-refractivity contribution is -0.145. The van der Waals surface area contributed by atoms with Gasteiger partial charge in [0.25, 0.3) is 0 Å². The topological polar surface area (TPSA) is 66.4 Å². The molecule has 0 bridgehead atoms. The second-order valence-electron chi connectivity index (χ2n) is 4.90. The zero-order valence-electron chi connectivity index (χ0n) is 11.5. The van der Waals surface area contributed by atoms with Crippen LogP contribution < -0.4 is 5.32 Å². The van der Waals surface area contributed by atoms with Gasteiger partial charge >= 0.3 is 5.97 Å². The number of rotatable bonds is 5. The molecule has 2 N–H and O–H groups in total. The lowest BCUT2D eigenvalue weighted by Gasteiger charge is -2.17. The Morgan fingerprint density at radius 1 is 1.30 bits per heavy atom. The number of carbonyl (C=O) groups is 2. The number of anilines is 1. The standard InChI is InChI=1S/C15H19NO3S/c1-2-20-13-9-4-3-8-12(13)16-14(17)10-6-5-7-11(10)15(18)19/h3-4,8-11H,2,5-7H2,1H3,(H,16,17)(H,18,19)/t10-,11+/m1/s1. The number of benzene rings is 1. The van der Waals surface area contributed by atoms with Crippen LogP contribution in [0.15, 0.2) is 29.2 Å². The van der Waals surface area contributed by atoms with Gasteiger partial charge in [-0.3, -0.25) is 9.59 Å². The van der Waals surface area contributed by atoms with Gasteiger partial charge in [-0.25, -0.2) is 0 Å². The predicted octanol–water partition coefficient (Wildman–Crippen LogP) is 3.24. The number of carboxylic acids is 1. The first-order chi connectivity index (χ1) is 9.63. The van der Waals surface area contributed by atoms with E-state index in [9.17, 15) is 9.59 Å². The molecule has 0 heterocycles. The van der Waals surface area contributed by atoms with Crippen LogP contribution in [-0.4, -0.2) is 22.7 Å². The number of hydrogen-bond acceptors (Lipinski definition) is 3. The maximum absolute atomic E-state index is 12.3. The van der Waals surface area contributed by atoms with Crippen LogP contribution in [0.3, 0.4) is 0 Å². The minimum absolute atomic E-state index is 0.168. The third kappa shape index (κ3) is 3.33. The zero-order valence-corrected chi connectivity index (χ0v) is 12.3. The number of carbonyl (C=O) groups excluding carboxylic acids is 1. The van der Waals surface area contributed by atoms with Gasteiger partial charge in [-0.05, 0) is 30.7 Å². The van der Waals surface area contributed by atoms with Gasteiger partial charge in [-0.2, -0.15) is 0 Å². The minimum Gasteiger partial charge on any atom is -0.481 e. The third-order valence-corrected chi connectivity index (χ3v) is 4.57. The average molecular weight is 293 g/mol. The van der Waals surface area contributed by atoms with E-state index in [0.29, 0.717) is 12.8 Å². The second kappa shape index (κ2) is 6.79. The van der Waals surface area contributed by atoms with Crippen LogP contribution >= 0.6 is 11.8 Å². The van der Waals surface area contributed by atoms with Crippen LogP contribution in [0, 0.1) is 11.8 Å². The Labute approximate surface area is 123 Å². The van der Waals surface area contributed by atoms with Gasteiger partial charge in [0.1, 0.15) is 0 Å². The fourth-order valence-corrected chi connectivity index (χ4v) is 3.41. The molecular weight excluding hydrogens is 274 g/mol. The van der Waals surface area contributed by atoms with E-state index in [1.165, 1.54) is 0 Å². The molecule has 1 saturated carbocycles. The van der Waals surface area contributed by atoms with Crippen molar-refractivity contribution in [1.29, 1.82) is 0 Å². The van der Waals surface area contributed by atoms with Gasteiger partial charge < -0.3 is 10.4 Å². The van der Waals surface area contributed by atoms with Crippen molar-refractivity contribution in [2.75, 3.05) is 11.1 Å². The van der Waals surface area contributed by atoms with E-state index in [1.807, 2.05) is 24.3 Å². The molecule has 1 aliphatic rings. The SMILES string of the molecule is CCSc1ccccc1NC(=O)[C@@H]1CCC[C@@H]1C(=O)O. The van der Waals surface area contributed by atoms with Gasteiger partial charge in [-0.15, -0.1) is 11.8 Å². The van der Waals surface area contributed by atoms with Crippen molar-refractivity contribution >= 4 is 29.3 Å². The van der Waals surface area contributed by atoms with Crippen LogP contribution in [0.4, 0.5) is 5.69 Å². The third-order valence-electron chi connectivity index (χ3n) is 3.61. The number of thioether (sulfide) groups is 1. The molecule has 0 spiro atoms. The predicted molar refractivity (Wildman–Crippen MR) is 79.9 cm³/mol. The molecule has 1 aromatic rings. The molecule has 2 rings (SSSR count). The Kier molecular flexibility index (Phi) is 5.06. The van der Waals surface area contributed by atoms with E-state index >= 15 is 0 Å². The molecular formula is C15H19NO3S. The molecule has 0 saturated heterocycles. The van der Waals surface area contributed by atoms with E-state index < -0.39 is 17.8 Å². The Hall–Kier alpha value is -1.49. The number of carboxylic acid groups (broad SMARTS) is 1. The maximum atomic E-state index is 12.3. The van der Waals surface area contributed by atoms with Crippen LogP contribution in [-0.2, 0) is 9.59 Å². The molecule has 20 heavy (non-hydrogen) atoms. The van der Waals surface area contributed by atoms with Crippen molar-refractivity contribution in [2.24, 2.45) is 11.8 Å². The van der Waals surface area contributed by atoms with Gasteiger partial charge in [0.2, 0.25) is 5.91 Å². The highest BCUT2D eigenvalue weighted by atomic mass is 32.2. The Morgan fingerprint density at radius 3 is 2.70 bits per heavy atom. The summed E-state index contributed by atoms with van der Waals surface area (Å²) >= 11 is 1.66. The molecule has 0 aromatic heterocycles. The zero-order chi connectivity index (χ0) is 14.5. The van der Waals surface area contributed by atoms with Crippen molar-refractivity contribution < 1.29 is 14.7 Å². The number of nitrogens with one attached hydrogen (secondary N) is 1. The van der Waals surface area contributed by atoms with Gasteiger partial charge in [-0.1, -0.05) is 25.5 Å². The number of amides is 1. The molecule has 0 radical (unpaired) electrons. The highest BCUT2D eigenvalue weighted by Crippen LogP contribution is 2.34.